The molecule has 2 amide bonds. The number of nitrogens with zero attached hydrogens (tertiary/aromatic N) is 5. The molecule has 2 aromatic rings. The molecule has 10 heteroatoms. The summed E-state index contributed by atoms with van der Waals surface area (Å²) in [5.41, 5.74) is 0.512. The third kappa shape index (κ3) is 4.36. The minimum absolute atomic E-state index is 0.113. The van der Waals surface area contributed by atoms with Crippen molar-refractivity contribution in [3.63, 3.8) is 0 Å². The Kier molecular flexibility index (Phi) is 6.54. The SMILES string of the molecule is C=CC(=O)N1CCN2C(=O)c3c(N4C[C@@H](N5CCC5)CC4(C)C)nc(-c4ccccc4F)c(Cl)c3OCC2C1. The zero-order valence-electron chi connectivity index (χ0n) is 22.3. The van der Waals surface area contributed by atoms with Crippen molar-refractivity contribution >= 4 is 29.2 Å². The van der Waals surface area contributed by atoms with Crippen molar-refractivity contribution < 1.29 is 18.7 Å². The van der Waals surface area contributed by atoms with Crippen molar-refractivity contribution in [2.75, 3.05) is 50.8 Å². The highest BCUT2D eigenvalue weighted by molar-refractivity contribution is 6.35. The van der Waals surface area contributed by atoms with Crippen LogP contribution in [0.2, 0.25) is 5.02 Å². The third-order valence-electron chi connectivity index (χ3n) is 8.59. The molecular formula is C29H33ClFN5O3. The maximum Gasteiger partial charge on any atom is 0.261 e. The van der Waals surface area contributed by atoms with Crippen molar-refractivity contribution in [3.05, 3.63) is 53.3 Å². The summed E-state index contributed by atoms with van der Waals surface area (Å²) in [4.78, 5) is 39.6. The first-order valence-electron chi connectivity index (χ1n) is 13.5. The summed E-state index contributed by atoms with van der Waals surface area (Å²) in [5, 5.41) is 0.113. The van der Waals surface area contributed by atoms with E-state index in [-0.39, 0.29) is 52.0 Å². The van der Waals surface area contributed by atoms with Gasteiger partial charge in [0.15, 0.2) is 5.75 Å². The summed E-state index contributed by atoms with van der Waals surface area (Å²) in [6, 6.07) is 6.34. The lowest BCUT2D eigenvalue weighted by atomic mass is 9.97. The standard InChI is InChI=1S/C29H33ClFN5O3/c1-4-22(37)34-12-13-35-19(15-34)17-39-26-23(28(35)38)27(32-25(24(26)30)20-8-5-6-9-21(20)31)36-16-18(14-29(36,2)3)33-10-7-11-33/h4-6,8-9,18-19H,1,7,10-17H2,2-3H3/t18-,19?/m0/s1. The summed E-state index contributed by atoms with van der Waals surface area (Å²) >= 11 is 6.90. The van der Waals surface area contributed by atoms with Gasteiger partial charge in [-0.2, -0.15) is 0 Å². The largest absolute Gasteiger partial charge is 0.489 e. The summed E-state index contributed by atoms with van der Waals surface area (Å²) in [5.74, 6) is -0.166. The van der Waals surface area contributed by atoms with Gasteiger partial charge in [-0.05, 0) is 58.0 Å². The molecule has 3 saturated heterocycles. The van der Waals surface area contributed by atoms with Crippen molar-refractivity contribution in [1.29, 1.82) is 0 Å². The lowest BCUT2D eigenvalue weighted by molar-refractivity contribution is -0.128. The van der Waals surface area contributed by atoms with Crippen LogP contribution in [0.4, 0.5) is 10.2 Å². The molecule has 0 saturated carbocycles. The summed E-state index contributed by atoms with van der Waals surface area (Å²) in [6.45, 7) is 12.0. The Morgan fingerprint density at radius 1 is 1.18 bits per heavy atom. The second-order valence-electron chi connectivity index (χ2n) is 11.4. The zero-order valence-corrected chi connectivity index (χ0v) is 23.1. The first-order chi connectivity index (χ1) is 18.7. The number of amides is 2. The topological polar surface area (TPSA) is 69.2 Å². The van der Waals surface area contributed by atoms with Crippen LogP contribution in [0.5, 0.6) is 5.75 Å². The predicted octanol–water partition coefficient (Wildman–Crippen LogP) is 3.84. The monoisotopic (exact) mass is 553 g/mol. The Morgan fingerprint density at radius 3 is 2.64 bits per heavy atom. The van der Waals surface area contributed by atoms with E-state index in [0.29, 0.717) is 43.6 Å². The molecule has 0 radical (unpaired) electrons. The smallest absolute Gasteiger partial charge is 0.261 e. The number of hydrogen-bond donors (Lipinski definition) is 0. The minimum atomic E-state index is -0.451. The van der Waals surface area contributed by atoms with Crippen LogP contribution in [0.25, 0.3) is 11.3 Å². The predicted molar refractivity (Wildman–Crippen MR) is 148 cm³/mol. The lowest BCUT2D eigenvalue weighted by Crippen LogP contribution is -2.57. The van der Waals surface area contributed by atoms with Crippen LogP contribution >= 0.6 is 11.6 Å². The minimum Gasteiger partial charge on any atom is -0.489 e. The molecule has 8 nitrogen and oxygen atoms in total. The first-order valence-corrected chi connectivity index (χ1v) is 13.9. The van der Waals surface area contributed by atoms with Crippen LogP contribution < -0.4 is 9.64 Å². The number of fused-ring (bicyclic) bond motifs is 2. The van der Waals surface area contributed by atoms with Crippen LogP contribution in [0, 0.1) is 5.82 Å². The summed E-state index contributed by atoms with van der Waals surface area (Å²) in [7, 11) is 0. The van der Waals surface area contributed by atoms with E-state index in [4.69, 9.17) is 21.3 Å². The number of pyridine rings is 1. The molecule has 1 aromatic heterocycles. The van der Waals surface area contributed by atoms with Crippen LogP contribution in [0.15, 0.2) is 36.9 Å². The van der Waals surface area contributed by atoms with E-state index in [0.717, 1.165) is 19.5 Å². The Hall–Kier alpha value is -3.17. The van der Waals surface area contributed by atoms with E-state index in [1.165, 1.54) is 18.6 Å². The van der Waals surface area contributed by atoms with Crippen molar-refractivity contribution in [2.24, 2.45) is 0 Å². The molecule has 5 heterocycles. The average molecular weight is 554 g/mol. The molecule has 206 valence electrons. The highest BCUT2D eigenvalue weighted by atomic mass is 35.5. The maximum atomic E-state index is 15.0. The second kappa shape index (κ2) is 9.78. The van der Waals surface area contributed by atoms with Crippen LogP contribution in [-0.2, 0) is 4.79 Å². The van der Waals surface area contributed by atoms with E-state index >= 15 is 4.39 Å². The van der Waals surface area contributed by atoms with Gasteiger partial charge in [0.2, 0.25) is 5.91 Å². The molecule has 3 fully saturated rings. The molecule has 6 rings (SSSR count). The number of ether oxygens (including phenoxy) is 1. The molecule has 4 aliphatic heterocycles. The van der Waals surface area contributed by atoms with Gasteiger partial charge in [0, 0.05) is 43.3 Å². The number of aromatic nitrogens is 1. The molecule has 2 atom stereocenters. The molecule has 1 aromatic carbocycles. The summed E-state index contributed by atoms with van der Waals surface area (Å²) < 4.78 is 21.3. The molecule has 1 unspecified atom stereocenters. The summed E-state index contributed by atoms with van der Waals surface area (Å²) in [6.07, 6.45) is 3.39. The van der Waals surface area contributed by atoms with Gasteiger partial charge in [0.05, 0.1) is 11.7 Å². The van der Waals surface area contributed by atoms with E-state index in [1.807, 2.05) is 0 Å². The number of benzene rings is 1. The lowest BCUT2D eigenvalue weighted by Gasteiger charge is -2.40. The van der Waals surface area contributed by atoms with E-state index < -0.39 is 5.82 Å². The van der Waals surface area contributed by atoms with E-state index in [9.17, 15) is 9.59 Å². The van der Waals surface area contributed by atoms with Gasteiger partial charge in [0.25, 0.3) is 5.91 Å². The van der Waals surface area contributed by atoms with Gasteiger partial charge in [-0.25, -0.2) is 9.37 Å². The Bertz CT molecular complexity index is 1350. The molecule has 4 aliphatic rings. The quantitative estimate of drug-likeness (QED) is 0.536. The number of piperazine rings is 1. The van der Waals surface area contributed by atoms with Crippen molar-refractivity contribution in [2.45, 2.75) is 44.3 Å². The second-order valence-corrected chi connectivity index (χ2v) is 11.8. The third-order valence-corrected chi connectivity index (χ3v) is 8.94. The van der Waals surface area contributed by atoms with Gasteiger partial charge in [0.1, 0.15) is 28.8 Å². The number of rotatable bonds is 4. The van der Waals surface area contributed by atoms with Gasteiger partial charge >= 0.3 is 0 Å². The normalized spacial score (nSPS) is 24.4. The highest BCUT2D eigenvalue weighted by Crippen LogP contribution is 2.47. The molecule has 0 N–H and O–H groups in total. The fraction of sp³-hybridized carbons (Fsp3) is 0.483. The number of hydrogen-bond acceptors (Lipinski definition) is 6. The first kappa shape index (κ1) is 26.1. The molecule has 0 aliphatic carbocycles. The molecule has 39 heavy (non-hydrogen) atoms. The molecular weight excluding hydrogens is 521 g/mol. The Labute approximate surface area is 233 Å². The Balaban J connectivity index is 1.48. The van der Waals surface area contributed by atoms with Gasteiger partial charge in [-0.3, -0.25) is 14.5 Å². The molecule has 0 bridgehead atoms. The zero-order chi connectivity index (χ0) is 27.5. The fourth-order valence-corrected chi connectivity index (χ4v) is 6.63. The number of carbonyl (C=O) groups is 2. The average Bonchev–Trinajstić information content (AvgIpc) is 3.11. The van der Waals surface area contributed by atoms with Crippen LogP contribution in [-0.4, -0.2) is 95.0 Å². The van der Waals surface area contributed by atoms with Crippen molar-refractivity contribution in [1.82, 2.24) is 19.7 Å². The Morgan fingerprint density at radius 2 is 1.95 bits per heavy atom. The van der Waals surface area contributed by atoms with E-state index in [1.54, 1.807) is 28.0 Å². The van der Waals surface area contributed by atoms with Gasteiger partial charge in [-0.1, -0.05) is 30.3 Å². The van der Waals surface area contributed by atoms with Gasteiger partial charge in [-0.15, -0.1) is 0 Å². The number of carbonyl (C=O) groups excluding carboxylic acids is 2. The van der Waals surface area contributed by atoms with Crippen LogP contribution in [0.3, 0.4) is 0 Å². The van der Waals surface area contributed by atoms with E-state index in [2.05, 4.69) is 30.2 Å². The number of anilines is 1. The van der Waals surface area contributed by atoms with Crippen molar-refractivity contribution in [3.8, 4) is 17.0 Å². The fourth-order valence-electron chi connectivity index (χ4n) is 6.34. The van der Waals surface area contributed by atoms with Crippen LogP contribution in [0.1, 0.15) is 37.0 Å². The number of likely N-dealkylation sites (tertiary alicyclic amines) is 1. The van der Waals surface area contributed by atoms with Gasteiger partial charge < -0.3 is 19.4 Å². The number of halogens is 2. The highest BCUT2D eigenvalue weighted by Gasteiger charge is 2.47. The molecule has 0 spiro atoms. The maximum absolute atomic E-state index is 15.0.